The van der Waals surface area contributed by atoms with Gasteiger partial charge in [0.15, 0.2) is 0 Å². The van der Waals surface area contributed by atoms with Gasteiger partial charge in [-0.15, -0.1) is 0 Å². The molecule has 0 saturated heterocycles. The molecule has 0 amide bonds. The largest absolute Gasteiger partial charge is 0.366 e. The summed E-state index contributed by atoms with van der Waals surface area (Å²) in [5.41, 5.74) is 3.64. The Morgan fingerprint density at radius 2 is 1.50 bits per heavy atom. The summed E-state index contributed by atoms with van der Waals surface area (Å²) in [7, 11) is 0. The number of rotatable bonds is 1. The molecule has 1 N–H and O–H groups in total. The van der Waals surface area contributed by atoms with E-state index in [1.54, 1.807) is 0 Å². The van der Waals surface area contributed by atoms with E-state index in [1.165, 1.54) is 11.1 Å². The number of nitrogens with one attached hydrogen (secondary N) is 1. The van der Waals surface area contributed by atoms with E-state index in [9.17, 15) is 0 Å². The topological polar surface area (TPSA) is 24.4 Å². The quantitative estimate of drug-likeness (QED) is 0.768. The van der Waals surface area contributed by atoms with Crippen molar-refractivity contribution >= 4 is 6.21 Å². The van der Waals surface area contributed by atoms with Gasteiger partial charge in [0.2, 0.25) is 0 Å². The van der Waals surface area contributed by atoms with E-state index in [0.717, 1.165) is 5.57 Å². The number of hydrogen-bond acceptors (Lipinski definition) is 2. The highest BCUT2D eigenvalue weighted by atomic mass is 15.1. The van der Waals surface area contributed by atoms with E-state index >= 15 is 0 Å². The Bertz CT molecular complexity index is 375. The first-order valence-corrected chi connectivity index (χ1v) is 6.78. The lowest BCUT2D eigenvalue weighted by Gasteiger charge is -2.17. The van der Waals surface area contributed by atoms with Crippen LogP contribution in [0.4, 0.5) is 0 Å². The molecule has 1 aromatic rings. The first kappa shape index (κ1) is 16.4. The van der Waals surface area contributed by atoms with Gasteiger partial charge in [-0.2, -0.15) is 0 Å². The van der Waals surface area contributed by atoms with Gasteiger partial charge < -0.3 is 5.32 Å². The predicted octanol–water partition coefficient (Wildman–Crippen LogP) is 4.62. The zero-order valence-corrected chi connectivity index (χ0v) is 12.5. The van der Waals surface area contributed by atoms with Crippen molar-refractivity contribution in [2.24, 2.45) is 4.99 Å². The molecule has 0 bridgehead atoms. The lowest BCUT2D eigenvalue weighted by atomic mass is 10.1. The van der Waals surface area contributed by atoms with Gasteiger partial charge in [-0.05, 0) is 25.0 Å². The van der Waals surface area contributed by atoms with Gasteiger partial charge in [-0.3, -0.25) is 4.99 Å². The van der Waals surface area contributed by atoms with Crippen LogP contribution < -0.4 is 5.32 Å². The van der Waals surface area contributed by atoms with Gasteiger partial charge in [0.25, 0.3) is 0 Å². The molecule has 1 aromatic carbocycles. The Labute approximate surface area is 112 Å². The van der Waals surface area contributed by atoms with E-state index in [0.29, 0.717) is 0 Å². The molecule has 0 fully saturated rings. The Hall–Kier alpha value is -1.57. The summed E-state index contributed by atoms with van der Waals surface area (Å²) < 4.78 is 0. The highest BCUT2D eigenvalue weighted by Gasteiger charge is 2.08. The second kappa shape index (κ2) is 9.46. The summed E-state index contributed by atoms with van der Waals surface area (Å²) in [6.45, 7) is 12.1. The van der Waals surface area contributed by atoms with Crippen molar-refractivity contribution in [3.63, 3.8) is 0 Å². The number of benzene rings is 1. The fourth-order valence-corrected chi connectivity index (χ4v) is 1.41. The van der Waals surface area contributed by atoms with Gasteiger partial charge in [0.05, 0.1) is 0 Å². The summed E-state index contributed by atoms with van der Waals surface area (Å²) in [5, 5.41) is 3.24. The molecule has 0 spiro atoms. The molecule has 0 aliphatic carbocycles. The minimum Gasteiger partial charge on any atom is -0.366 e. The first-order valence-electron chi connectivity index (χ1n) is 6.78. The summed E-state index contributed by atoms with van der Waals surface area (Å²) in [4.78, 5) is 4.41. The van der Waals surface area contributed by atoms with Gasteiger partial charge in [-0.1, -0.05) is 57.5 Å². The molecule has 2 heteroatoms. The van der Waals surface area contributed by atoms with Crippen molar-refractivity contribution in [1.29, 1.82) is 0 Å². The molecule has 0 aromatic heterocycles. The van der Waals surface area contributed by atoms with Gasteiger partial charge in [0, 0.05) is 12.4 Å². The summed E-state index contributed by atoms with van der Waals surface area (Å²) in [6.07, 6.45) is 3.98. The summed E-state index contributed by atoms with van der Waals surface area (Å²) >= 11 is 0. The third-order valence-corrected chi connectivity index (χ3v) is 2.29. The third-order valence-electron chi connectivity index (χ3n) is 2.29. The molecule has 1 aliphatic rings. The number of aliphatic imine (C=N–C) groups is 1. The van der Waals surface area contributed by atoms with Crippen molar-refractivity contribution in [2.45, 2.75) is 47.7 Å². The number of allylic oxidation sites excluding steroid dienone is 1. The lowest BCUT2D eigenvalue weighted by molar-refractivity contribution is 0.648. The minimum atomic E-state index is 0.0827. The first-order chi connectivity index (χ1) is 8.75. The van der Waals surface area contributed by atoms with Crippen LogP contribution in [0.25, 0.3) is 0 Å². The van der Waals surface area contributed by atoms with Gasteiger partial charge in [0.1, 0.15) is 6.17 Å². The molecule has 100 valence electrons. The molecule has 0 saturated carbocycles. The van der Waals surface area contributed by atoms with Crippen LogP contribution in [0.2, 0.25) is 0 Å². The van der Waals surface area contributed by atoms with Crippen molar-refractivity contribution < 1.29 is 0 Å². The minimum absolute atomic E-state index is 0.0827. The average molecular weight is 246 g/mol. The van der Waals surface area contributed by atoms with Crippen molar-refractivity contribution in [3.05, 3.63) is 47.2 Å². The number of aryl methyl sites for hydroxylation is 1. The molecule has 2 rings (SSSR count). The highest BCUT2D eigenvalue weighted by molar-refractivity contribution is 5.78. The second-order valence-electron chi connectivity index (χ2n) is 3.65. The molecule has 1 atom stereocenters. The molecular weight excluding hydrogens is 220 g/mol. The van der Waals surface area contributed by atoms with Crippen molar-refractivity contribution in [3.8, 4) is 0 Å². The summed E-state index contributed by atoms with van der Waals surface area (Å²) in [5.74, 6) is 0. The van der Waals surface area contributed by atoms with Crippen LogP contribution in [-0.4, -0.2) is 6.21 Å². The van der Waals surface area contributed by atoms with E-state index < -0.39 is 0 Å². The molecule has 0 radical (unpaired) electrons. The van der Waals surface area contributed by atoms with E-state index in [4.69, 9.17) is 0 Å². The normalized spacial score (nSPS) is 16.3. The fraction of sp³-hybridized carbons (Fsp3) is 0.438. The third kappa shape index (κ3) is 5.17. The van der Waals surface area contributed by atoms with Crippen LogP contribution >= 0.6 is 0 Å². The van der Waals surface area contributed by atoms with Crippen LogP contribution in [0.5, 0.6) is 0 Å². The molecule has 2 nitrogen and oxygen atoms in total. The molecule has 1 unspecified atom stereocenters. The van der Waals surface area contributed by atoms with E-state index in [2.05, 4.69) is 41.5 Å². The maximum Gasteiger partial charge on any atom is 0.144 e. The zero-order chi connectivity index (χ0) is 14.0. The Morgan fingerprint density at radius 3 is 1.94 bits per heavy atom. The van der Waals surface area contributed by atoms with Crippen molar-refractivity contribution in [2.75, 3.05) is 0 Å². The molecule has 18 heavy (non-hydrogen) atoms. The number of hydrogen-bond donors (Lipinski definition) is 1. The van der Waals surface area contributed by atoms with Gasteiger partial charge >= 0.3 is 0 Å². The highest BCUT2D eigenvalue weighted by Crippen LogP contribution is 2.17. The predicted molar refractivity (Wildman–Crippen MR) is 82.0 cm³/mol. The van der Waals surface area contributed by atoms with Gasteiger partial charge in [-0.25, -0.2) is 0 Å². The molecule has 1 heterocycles. The summed E-state index contributed by atoms with van der Waals surface area (Å²) in [6, 6.07) is 8.44. The Morgan fingerprint density at radius 1 is 0.944 bits per heavy atom. The monoisotopic (exact) mass is 246 g/mol. The second-order valence-corrected chi connectivity index (χ2v) is 3.65. The Kier molecular flexibility index (Phi) is 8.63. The van der Waals surface area contributed by atoms with E-state index in [-0.39, 0.29) is 6.17 Å². The van der Waals surface area contributed by atoms with Crippen LogP contribution in [-0.2, 0) is 0 Å². The maximum atomic E-state index is 4.41. The Balaban J connectivity index is 0.000000659. The smallest absolute Gasteiger partial charge is 0.144 e. The number of nitrogens with zero attached hydrogens (tertiary/aromatic N) is 1. The van der Waals surface area contributed by atoms with Crippen LogP contribution in [0, 0.1) is 6.92 Å². The molecular formula is C16H26N2. The lowest BCUT2D eigenvalue weighted by Crippen LogP contribution is -2.17. The maximum absolute atomic E-state index is 4.41. The fourth-order valence-electron chi connectivity index (χ4n) is 1.41. The molecule has 1 aliphatic heterocycles. The van der Waals surface area contributed by atoms with Crippen molar-refractivity contribution in [1.82, 2.24) is 5.32 Å². The average Bonchev–Trinajstić information content (AvgIpc) is 2.45. The van der Waals surface area contributed by atoms with Crippen LogP contribution in [0.3, 0.4) is 0 Å². The van der Waals surface area contributed by atoms with Crippen LogP contribution in [0.15, 0.2) is 41.0 Å². The van der Waals surface area contributed by atoms with E-state index in [1.807, 2.05) is 47.0 Å². The SMILES string of the molecule is CC.CC.CC1=CNC(c2ccc(C)cc2)N=C1. The van der Waals surface area contributed by atoms with Crippen LogP contribution in [0.1, 0.15) is 51.9 Å². The standard InChI is InChI=1S/C12H14N2.2C2H6/c1-9-3-5-11(6-4-9)12-13-7-10(2)8-14-12;2*1-2/h3-8,12-13H,1-2H3;2*1-2H3. The zero-order valence-electron chi connectivity index (χ0n) is 12.5.